The molecule has 0 unspecified atom stereocenters. The first-order valence-corrected chi connectivity index (χ1v) is 4.88. The second-order valence-corrected chi connectivity index (χ2v) is 3.64. The van der Waals surface area contributed by atoms with Crippen molar-refractivity contribution in [1.29, 1.82) is 0 Å². The summed E-state index contributed by atoms with van der Waals surface area (Å²) in [4.78, 5) is 14.4. The molecule has 94 valence electrons. The van der Waals surface area contributed by atoms with Crippen molar-refractivity contribution in [3.63, 3.8) is 0 Å². The van der Waals surface area contributed by atoms with Crippen molar-refractivity contribution in [1.82, 2.24) is 14.8 Å². The van der Waals surface area contributed by atoms with Gasteiger partial charge < -0.3 is 25.8 Å². The Labute approximate surface area is 95.4 Å². The van der Waals surface area contributed by atoms with Gasteiger partial charge in [0.05, 0.1) is 6.61 Å². The lowest BCUT2D eigenvalue weighted by molar-refractivity contribution is -0.0588. The highest BCUT2D eigenvalue weighted by molar-refractivity contribution is 5.88. The summed E-state index contributed by atoms with van der Waals surface area (Å²) in [5.41, 5.74) is 4.97. The Morgan fingerprint density at radius 2 is 2.24 bits per heavy atom. The molecule has 0 aromatic carbocycles. The maximum Gasteiger partial charge on any atom is 0.288 e. The number of hydrogen-bond donors (Lipinski definition) is 4. The lowest BCUT2D eigenvalue weighted by Crippen LogP contribution is -2.33. The number of aliphatic hydroxyl groups is 3. The van der Waals surface area contributed by atoms with E-state index in [9.17, 15) is 15.0 Å². The monoisotopic (exact) mass is 244 g/mol. The van der Waals surface area contributed by atoms with Gasteiger partial charge in [-0.2, -0.15) is 0 Å². The minimum absolute atomic E-state index is 0.220. The van der Waals surface area contributed by atoms with Crippen molar-refractivity contribution in [3.8, 4) is 0 Å². The minimum Gasteiger partial charge on any atom is -0.394 e. The lowest BCUT2D eigenvalue weighted by atomic mass is 10.1. The molecule has 1 aliphatic heterocycles. The molecule has 2 heterocycles. The number of primary amides is 1. The van der Waals surface area contributed by atoms with Gasteiger partial charge >= 0.3 is 0 Å². The van der Waals surface area contributed by atoms with Crippen molar-refractivity contribution >= 4 is 5.91 Å². The molecule has 1 aliphatic rings. The van der Waals surface area contributed by atoms with E-state index in [-0.39, 0.29) is 5.82 Å². The third kappa shape index (κ3) is 2.00. The van der Waals surface area contributed by atoms with E-state index < -0.39 is 37.1 Å². The normalized spacial score (nSPS) is 32.9. The van der Waals surface area contributed by atoms with E-state index in [1.54, 1.807) is 0 Å². The Balaban J connectivity index is 2.19. The second-order valence-electron chi connectivity index (χ2n) is 3.64. The molecule has 1 saturated heterocycles. The molecule has 17 heavy (non-hydrogen) atoms. The number of nitrogens with zero attached hydrogens (tertiary/aromatic N) is 3. The fourth-order valence-corrected chi connectivity index (χ4v) is 1.61. The van der Waals surface area contributed by atoms with Gasteiger partial charge in [-0.3, -0.25) is 4.79 Å². The molecule has 0 aliphatic carbocycles. The van der Waals surface area contributed by atoms with Crippen LogP contribution >= 0.6 is 0 Å². The maximum atomic E-state index is 10.8. The van der Waals surface area contributed by atoms with Crippen molar-refractivity contribution < 1.29 is 24.9 Å². The molecule has 9 nitrogen and oxygen atoms in total. The summed E-state index contributed by atoms with van der Waals surface area (Å²) >= 11 is 0. The Morgan fingerprint density at radius 1 is 1.53 bits per heavy atom. The molecular formula is C8H12N4O5. The summed E-state index contributed by atoms with van der Waals surface area (Å²) in [6.45, 7) is -0.438. The molecule has 0 saturated carbocycles. The van der Waals surface area contributed by atoms with Crippen LogP contribution in [0.15, 0.2) is 6.33 Å². The lowest BCUT2D eigenvalue weighted by Gasteiger charge is -2.13. The summed E-state index contributed by atoms with van der Waals surface area (Å²) in [5, 5.41) is 31.8. The minimum atomic E-state index is -1.27. The number of aromatic nitrogens is 3. The van der Waals surface area contributed by atoms with Gasteiger partial charge in [-0.15, -0.1) is 5.10 Å². The molecule has 4 atom stereocenters. The second kappa shape index (κ2) is 4.37. The van der Waals surface area contributed by atoms with Crippen LogP contribution in [0, 0.1) is 0 Å². The molecule has 9 heteroatoms. The Hall–Kier alpha value is -1.55. The van der Waals surface area contributed by atoms with Crippen LogP contribution in [0.4, 0.5) is 0 Å². The molecule has 1 amide bonds. The van der Waals surface area contributed by atoms with Crippen LogP contribution in [0.5, 0.6) is 0 Å². The zero-order chi connectivity index (χ0) is 12.6. The van der Waals surface area contributed by atoms with E-state index in [1.807, 2.05) is 0 Å². The smallest absolute Gasteiger partial charge is 0.288 e. The number of ether oxygens (including phenoxy) is 1. The maximum absolute atomic E-state index is 10.8. The standard InChI is InChI=1S/C8H12N4O5/c9-6(16)7-10-2-12(11-7)8-5(15)4(14)3(1-13)17-8/h2-5,8,13-15H,1H2,(H2,9,16)/t3-,4+,5+,8+/m0/s1. The third-order valence-electron chi connectivity index (χ3n) is 2.51. The third-order valence-corrected chi connectivity index (χ3v) is 2.51. The van der Waals surface area contributed by atoms with E-state index in [2.05, 4.69) is 10.1 Å². The van der Waals surface area contributed by atoms with Gasteiger partial charge in [0.1, 0.15) is 24.6 Å². The summed E-state index contributed by atoms with van der Waals surface area (Å²) in [6, 6.07) is 0. The van der Waals surface area contributed by atoms with Crippen LogP contribution in [0.2, 0.25) is 0 Å². The van der Waals surface area contributed by atoms with Gasteiger partial charge in [0.25, 0.3) is 5.91 Å². The summed E-state index contributed by atoms with van der Waals surface area (Å²) in [6.07, 6.45) is -3.26. The van der Waals surface area contributed by atoms with Gasteiger partial charge in [0.15, 0.2) is 6.23 Å². The number of hydrogen-bond acceptors (Lipinski definition) is 7. The Morgan fingerprint density at radius 3 is 2.71 bits per heavy atom. The predicted molar refractivity (Wildman–Crippen MR) is 51.5 cm³/mol. The number of nitrogens with two attached hydrogens (primary N) is 1. The highest BCUT2D eigenvalue weighted by atomic mass is 16.6. The van der Waals surface area contributed by atoms with Crippen LogP contribution < -0.4 is 5.73 Å². The average Bonchev–Trinajstić information content (AvgIpc) is 2.87. The molecule has 5 N–H and O–H groups in total. The first-order valence-electron chi connectivity index (χ1n) is 4.88. The Bertz CT molecular complexity index is 422. The fraction of sp³-hybridized carbons (Fsp3) is 0.625. The summed E-state index contributed by atoms with van der Waals surface area (Å²) in [7, 11) is 0. The Kier molecular flexibility index (Phi) is 3.07. The number of carbonyl (C=O) groups excluding carboxylic acids is 1. The van der Waals surface area contributed by atoms with Gasteiger partial charge in [-0.05, 0) is 0 Å². The number of amides is 1. The molecule has 1 aromatic rings. The van der Waals surface area contributed by atoms with E-state index in [0.29, 0.717) is 0 Å². The molecule has 2 rings (SSSR count). The van der Waals surface area contributed by atoms with Crippen LogP contribution in [0.1, 0.15) is 16.8 Å². The van der Waals surface area contributed by atoms with Gasteiger partial charge in [-0.1, -0.05) is 0 Å². The molecule has 0 bridgehead atoms. The molecule has 0 spiro atoms. The first-order chi connectivity index (χ1) is 8.04. The van der Waals surface area contributed by atoms with Crippen molar-refractivity contribution in [2.45, 2.75) is 24.5 Å². The number of rotatable bonds is 3. The number of aliphatic hydroxyl groups excluding tert-OH is 3. The van der Waals surface area contributed by atoms with Gasteiger partial charge in [0, 0.05) is 0 Å². The first kappa shape index (κ1) is 11.9. The molecular weight excluding hydrogens is 232 g/mol. The zero-order valence-corrected chi connectivity index (χ0v) is 8.67. The van der Waals surface area contributed by atoms with Crippen LogP contribution in [0.25, 0.3) is 0 Å². The molecule has 0 radical (unpaired) electrons. The van der Waals surface area contributed by atoms with Crippen LogP contribution in [0.3, 0.4) is 0 Å². The number of carbonyl (C=O) groups is 1. The zero-order valence-electron chi connectivity index (χ0n) is 8.67. The van der Waals surface area contributed by atoms with Gasteiger partial charge in [-0.25, -0.2) is 9.67 Å². The molecule has 1 aromatic heterocycles. The van der Waals surface area contributed by atoms with E-state index in [1.165, 1.54) is 0 Å². The average molecular weight is 244 g/mol. The van der Waals surface area contributed by atoms with Crippen LogP contribution in [-0.2, 0) is 4.74 Å². The molecule has 1 fully saturated rings. The fourth-order valence-electron chi connectivity index (χ4n) is 1.61. The van der Waals surface area contributed by atoms with E-state index in [4.69, 9.17) is 15.6 Å². The van der Waals surface area contributed by atoms with E-state index in [0.717, 1.165) is 11.0 Å². The van der Waals surface area contributed by atoms with Gasteiger partial charge in [0.2, 0.25) is 5.82 Å². The largest absolute Gasteiger partial charge is 0.394 e. The summed E-state index contributed by atoms with van der Waals surface area (Å²) in [5.74, 6) is -1.03. The predicted octanol–water partition coefficient (Wildman–Crippen LogP) is -3.01. The van der Waals surface area contributed by atoms with E-state index >= 15 is 0 Å². The highest BCUT2D eigenvalue weighted by Crippen LogP contribution is 2.28. The highest BCUT2D eigenvalue weighted by Gasteiger charge is 2.43. The van der Waals surface area contributed by atoms with Crippen molar-refractivity contribution in [2.24, 2.45) is 5.73 Å². The van der Waals surface area contributed by atoms with Crippen LogP contribution in [-0.4, -0.2) is 60.9 Å². The quantitative estimate of drug-likeness (QED) is 0.443. The SMILES string of the molecule is NC(=O)c1ncn([C@@H]2O[C@@H](CO)[C@@H](O)[C@H]2O)n1. The van der Waals surface area contributed by atoms with Crippen molar-refractivity contribution in [2.75, 3.05) is 6.61 Å². The van der Waals surface area contributed by atoms with Crippen molar-refractivity contribution in [3.05, 3.63) is 12.2 Å². The topological polar surface area (TPSA) is 144 Å². The summed E-state index contributed by atoms with van der Waals surface area (Å²) < 4.78 is 6.25.